The zero-order valence-corrected chi connectivity index (χ0v) is 20.6. The summed E-state index contributed by atoms with van der Waals surface area (Å²) in [4.78, 5) is 24.5. The quantitative estimate of drug-likeness (QED) is 0.403. The summed E-state index contributed by atoms with van der Waals surface area (Å²) in [6.45, 7) is 6.35. The van der Waals surface area contributed by atoms with Crippen molar-refractivity contribution in [2.75, 3.05) is 25.6 Å². The fourth-order valence-corrected chi connectivity index (χ4v) is 3.40. The molecule has 3 aromatic heterocycles. The summed E-state index contributed by atoms with van der Waals surface area (Å²) in [5, 5.41) is 22.0. The first-order chi connectivity index (χ1) is 17.2. The van der Waals surface area contributed by atoms with Crippen LogP contribution >= 0.6 is 0 Å². The molecular formula is C24H28N8O4. The lowest BCUT2D eigenvalue weighted by atomic mass is 10.1. The number of anilines is 2. The van der Waals surface area contributed by atoms with Crippen LogP contribution in [0.25, 0.3) is 11.3 Å². The molecule has 0 radical (unpaired) electrons. The Hall–Kier alpha value is -4.40. The van der Waals surface area contributed by atoms with E-state index < -0.39 is 11.7 Å². The highest BCUT2D eigenvalue weighted by molar-refractivity contribution is 5.74. The van der Waals surface area contributed by atoms with Gasteiger partial charge in [-0.3, -0.25) is 5.10 Å². The molecule has 0 bridgehead atoms. The van der Waals surface area contributed by atoms with Gasteiger partial charge in [-0.25, -0.2) is 19.7 Å². The third-order valence-electron chi connectivity index (χ3n) is 5.44. The van der Waals surface area contributed by atoms with Crippen molar-refractivity contribution in [3.63, 3.8) is 0 Å². The first kappa shape index (κ1) is 24.7. The third kappa shape index (κ3) is 6.18. The summed E-state index contributed by atoms with van der Waals surface area (Å²) >= 11 is 0. The maximum Gasteiger partial charge on any atom is 0.407 e. The van der Waals surface area contributed by atoms with E-state index in [0.29, 0.717) is 47.7 Å². The Kier molecular flexibility index (Phi) is 6.91. The molecule has 188 valence electrons. The van der Waals surface area contributed by atoms with E-state index in [9.17, 15) is 4.79 Å². The molecule has 3 aromatic rings. The van der Waals surface area contributed by atoms with Crippen LogP contribution < -0.4 is 20.1 Å². The summed E-state index contributed by atoms with van der Waals surface area (Å²) in [6, 6.07) is 5.45. The highest BCUT2D eigenvalue weighted by Gasteiger charge is 2.44. The Morgan fingerprint density at radius 1 is 1.22 bits per heavy atom. The molecule has 1 fully saturated rings. The molecular weight excluding hydrogens is 464 g/mol. The molecule has 0 saturated heterocycles. The highest BCUT2D eigenvalue weighted by Crippen LogP contribution is 2.46. The zero-order chi connectivity index (χ0) is 25.8. The number of carbonyl (C=O) groups is 1. The summed E-state index contributed by atoms with van der Waals surface area (Å²) < 4.78 is 17.0. The van der Waals surface area contributed by atoms with Gasteiger partial charge in [0.05, 0.1) is 31.8 Å². The number of aromatic nitrogens is 5. The van der Waals surface area contributed by atoms with Crippen molar-refractivity contribution in [2.24, 2.45) is 5.41 Å². The molecule has 4 rings (SSSR count). The minimum Gasteiger partial charge on any atom is -0.492 e. The van der Waals surface area contributed by atoms with Crippen LogP contribution in [0, 0.1) is 16.7 Å². The number of alkyl carbamates (subject to hydrolysis) is 1. The predicted molar refractivity (Wildman–Crippen MR) is 130 cm³/mol. The van der Waals surface area contributed by atoms with E-state index in [4.69, 9.17) is 19.5 Å². The average molecular weight is 493 g/mol. The highest BCUT2D eigenvalue weighted by atomic mass is 16.6. The molecule has 12 nitrogen and oxygen atoms in total. The van der Waals surface area contributed by atoms with Crippen LogP contribution in [-0.4, -0.2) is 57.1 Å². The second-order valence-corrected chi connectivity index (χ2v) is 9.53. The van der Waals surface area contributed by atoms with Gasteiger partial charge in [-0.15, -0.1) is 0 Å². The number of hydrogen-bond donors (Lipinski definition) is 3. The van der Waals surface area contributed by atoms with Crippen molar-refractivity contribution in [3.05, 3.63) is 36.4 Å². The molecule has 1 aliphatic rings. The number of amides is 1. The molecule has 0 spiro atoms. The number of pyridine rings is 1. The molecule has 0 unspecified atom stereocenters. The first-order valence-electron chi connectivity index (χ1n) is 11.4. The minimum atomic E-state index is -0.551. The van der Waals surface area contributed by atoms with E-state index in [2.05, 4.69) is 35.8 Å². The van der Waals surface area contributed by atoms with Crippen molar-refractivity contribution in [2.45, 2.75) is 39.2 Å². The number of aromatic amines is 1. The number of nitrogens with zero attached hydrogens (tertiary/aromatic N) is 5. The van der Waals surface area contributed by atoms with Crippen LogP contribution in [0.3, 0.4) is 0 Å². The van der Waals surface area contributed by atoms with Gasteiger partial charge < -0.3 is 24.8 Å². The predicted octanol–water partition coefficient (Wildman–Crippen LogP) is 3.57. The molecule has 3 N–H and O–H groups in total. The number of methoxy groups -OCH3 is 1. The maximum atomic E-state index is 12.1. The van der Waals surface area contributed by atoms with E-state index in [1.165, 1.54) is 19.5 Å². The van der Waals surface area contributed by atoms with Crippen molar-refractivity contribution in [1.29, 1.82) is 5.26 Å². The fraction of sp³-hybridized carbons (Fsp3) is 0.417. The van der Waals surface area contributed by atoms with Gasteiger partial charge in [0, 0.05) is 24.2 Å². The summed E-state index contributed by atoms with van der Waals surface area (Å²) in [5.74, 6) is 1.87. The first-order valence-corrected chi connectivity index (χ1v) is 11.4. The van der Waals surface area contributed by atoms with Crippen LogP contribution in [0.15, 0.2) is 30.7 Å². The summed E-state index contributed by atoms with van der Waals surface area (Å²) in [7, 11) is 1.53. The second kappa shape index (κ2) is 10.1. The Morgan fingerprint density at radius 2 is 2.03 bits per heavy atom. The number of H-pyrrole nitrogens is 1. The normalized spacial score (nSPS) is 13.9. The number of hydrogen-bond acceptors (Lipinski definition) is 10. The SMILES string of the molecule is COc1nccc(OCC2(CNC(=O)OC(C)(C)C)CC2)c1-c1cc(Nc2cnc(C#N)cn2)n[nH]1. The van der Waals surface area contributed by atoms with Crippen molar-refractivity contribution in [3.8, 4) is 29.0 Å². The second-order valence-electron chi connectivity index (χ2n) is 9.53. The number of ether oxygens (including phenoxy) is 3. The monoisotopic (exact) mass is 492 g/mol. The van der Waals surface area contributed by atoms with E-state index >= 15 is 0 Å². The van der Waals surface area contributed by atoms with Crippen LogP contribution in [0.1, 0.15) is 39.3 Å². The molecule has 3 heterocycles. The number of carbonyl (C=O) groups excluding carboxylic acids is 1. The molecule has 1 saturated carbocycles. The smallest absolute Gasteiger partial charge is 0.407 e. The number of nitriles is 1. The minimum absolute atomic E-state index is 0.153. The van der Waals surface area contributed by atoms with Crippen LogP contribution in [0.2, 0.25) is 0 Å². The van der Waals surface area contributed by atoms with Gasteiger partial charge in [0.1, 0.15) is 28.8 Å². The van der Waals surface area contributed by atoms with Gasteiger partial charge >= 0.3 is 6.09 Å². The number of nitrogens with one attached hydrogen (secondary N) is 3. The molecule has 1 amide bonds. The van der Waals surface area contributed by atoms with Gasteiger partial charge in [0.2, 0.25) is 5.88 Å². The zero-order valence-electron chi connectivity index (χ0n) is 20.6. The Bertz CT molecular complexity index is 1260. The van der Waals surface area contributed by atoms with Gasteiger partial charge in [-0.05, 0) is 39.7 Å². The van der Waals surface area contributed by atoms with Crippen LogP contribution in [0.5, 0.6) is 11.6 Å². The van der Waals surface area contributed by atoms with Gasteiger partial charge in [0.15, 0.2) is 11.5 Å². The van der Waals surface area contributed by atoms with E-state index in [1.807, 2.05) is 26.8 Å². The van der Waals surface area contributed by atoms with Crippen molar-refractivity contribution >= 4 is 17.7 Å². The lowest BCUT2D eigenvalue weighted by Gasteiger charge is -2.22. The fourth-order valence-electron chi connectivity index (χ4n) is 3.40. The molecule has 0 atom stereocenters. The van der Waals surface area contributed by atoms with E-state index in [0.717, 1.165) is 12.8 Å². The third-order valence-corrected chi connectivity index (χ3v) is 5.44. The standard InChI is InChI=1S/C24H28N8O4/c1-23(2,3)36-22(33)29-13-24(6-7-24)14-35-17-5-8-26-21(34-4)20(17)16-9-18(32-31-16)30-19-12-27-15(10-25)11-28-19/h5,8-9,11-12H,6-7,13-14H2,1-4H3,(H,29,33)(H2,28,30,31,32). The average Bonchev–Trinajstić information content (AvgIpc) is 3.49. The summed E-state index contributed by atoms with van der Waals surface area (Å²) in [6.07, 6.45) is 5.86. The summed E-state index contributed by atoms with van der Waals surface area (Å²) in [5.41, 5.74) is 0.752. The topological polar surface area (TPSA) is 160 Å². The van der Waals surface area contributed by atoms with E-state index in [1.54, 1.807) is 18.3 Å². The lowest BCUT2D eigenvalue weighted by molar-refractivity contribution is 0.0509. The molecule has 12 heteroatoms. The Balaban J connectivity index is 1.45. The maximum absolute atomic E-state index is 12.1. The number of rotatable bonds is 9. The molecule has 1 aliphatic carbocycles. The van der Waals surface area contributed by atoms with Gasteiger partial charge in [-0.1, -0.05) is 0 Å². The van der Waals surface area contributed by atoms with Crippen molar-refractivity contribution < 1.29 is 19.0 Å². The largest absolute Gasteiger partial charge is 0.492 e. The van der Waals surface area contributed by atoms with Gasteiger partial charge in [-0.2, -0.15) is 10.4 Å². The Morgan fingerprint density at radius 3 is 2.67 bits per heavy atom. The lowest BCUT2D eigenvalue weighted by Crippen LogP contribution is -2.37. The molecule has 36 heavy (non-hydrogen) atoms. The van der Waals surface area contributed by atoms with Gasteiger partial charge in [0.25, 0.3) is 0 Å². The van der Waals surface area contributed by atoms with Crippen LogP contribution in [0.4, 0.5) is 16.4 Å². The molecule has 0 aromatic carbocycles. The Labute approximate surface area is 208 Å². The van der Waals surface area contributed by atoms with E-state index in [-0.39, 0.29) is 11.1 Å². The van der Waals surface area contributed by atoms with Crippen LogP contribution in [-0.2, 0) is 4.74 Å². The van der Waals surface area contributed by atoms with Crippen molar-refractivity contribution in [1.82, 2.24) is 30.5 Å². The molecule has 0 aliphatic heterocycles.